The minimum absolute atomic E-state index is 0.104. The van der Waals surface area contributed by atoms with Crippen LogP contribution in [0.2, 0.25) is 5.02 Å². The van der Waals surface area contributed by atoms with Crippen LogP contribution in [-0.2, 0) is 12.7 Å². The van der Waals surface area contributed by atoms with Crippen LogP contribution >= 0.6 is 22.9 Å². The van der Waals surface area contributed by atoms with Gasteiger partial charge in [-0.1, -0.05) is 29.0 Å². The number of hydrogen-bond acceptors (Lipinski definition) is 2. The molecule has 8 heteroatoms. The summed E-state index contributed by atoms with van der Waals surface area (Å²) in [5, 5.41) is 0.563. The second-order valence-electron chi connectivity index (χ2n) is 5.24. The lowest BCUT2D eigenvalue weighted by atomic mass is 10.1. The van der Waals surface area contributed by atoms with E-state index in [0.29, 0.717) is 16.4 Å². The molecule has 25 heavy (non-hydrogen) atoms. The fourth-order valence-corrected chi connectivity index (χ4v) is 3.79. The van der Waals surface area contributed by atoms with Crippen LogP contribution in [0.4, 0.5) is 13.2 Å². The van der Waals surface area contributed by atoms with E-state index in [1.54, 1.807) is 12.1 Å². The number of benzene rings is 2. The van der Waals surface area contributed by atoms with E-state index in [4.69, 9.17) is 11.6 Å². The number of alkyl halides is 3. The number of thiazole rings is 1. The lowest BCUT2D eigenvalue weighted by Crippen LogP contribution is -2.16. The number of aryl methyl sites for hydroxylation is 1. The van der Waals surface area contributed by atoms with Gasteiger partial charge in [-0.2, -0.15) is 18.2 Å². The maximum absolute atomic E-state index is 12.8. The maximum Gasteiger partial charge on any atom is 0.416 e. The average Bonchev–Trinajstić information content (AvgIpc) is 2.90. The Morgan fingerprint density at radius 1 is 1.24 bits per heavy atom. The third kappa shape index (κ3) is 3.62. The SMILES string of the molecule is CCn1c(=NC(=O)c2cccc(C(F)(F)F)c2)sc2cc(Cl)ccc21. The van der Waals surface area contributed by atoms with Crippen LogP contribution in [-0.4, -0.2) is 10.5 Å². The molecule has 0 unspecified atom stereocenters. The lowest BCUT2D eigenvalue weighted by Gasteiger charge is -2.06. The Bertz CT molecular complexity index is 1020. The Morgan fingerprint density at radius 2 is 2.00 bits per heavy atom. The molecule has 2 aromatic carbocycles. The van der Waals surface area contributed by atoms with Crippen molar-refractivity contribution in [3.63, 3.8) is 0 Å². The first-order valence-corrected chi connectivity index (χ1v) is 8.54. The van der Waals surface area contributed by atoms with Crippen molar-refractivity contribution in [2.45, 2.75) is 19.6 Å². The number of nitrogens with zero attached hydrogens (tertiary/aromatic N) is 2. The standard InChI is InChI=1S/C17H12ClF3N2OS/c1-2-23-13-7-6-12(18)9-14(13)25-16(23)22-15(24)10-4-3-5-11(8-10)17(19,20)21/h3-9H,2H2,1H3. The largest absolute Gasteiger partial charge is 0.416 e. The monoisotopic (exact) mass is 384 g/mol. The van der Waals surface area contributed by atoms with Gasteiger partial charge in [0.2, 0.25) is 0 Å². The van der Waals surface area contributed by atoms with Crippen LogP contribution in [0, 0.1) is 0 Å². The van der Waals surface area contributed by atoms with Gasteiger partial charge in [-0.15, -0.1) is 0 Å². The smallest absolute Gasteiger partial charge is 0.317 e. The molecule has 0 N–H and O–H groups in total. The summed E-state index contributed by atoms with van der Waals surface area (Å²) in [4.78, 5) is 16.8. The number of fused-ring (bicyclic) bond motifs is 1. The molecule has 0 radical (unpaired) electrons. The van der Waals surface area contributed by atoms with E-state index >= 15 is 0 Å². The van der Waals surface area contributed by atoms with Crippen molar-refractivity contribution in [3.05, 3.63) is 63.4 Å². The molecule has 130 valence electrons. The zero-order valence-corrected chi connectivity index (χ0v) is 14.5. The molecule has 1 aromatic heterocycles. The quantitative estimate of drug-likeness (QED) is 0.602. The van der Waals surface area contributed by atoms with Gasteiger partial charge in [0.05, 0.1) is 15.8 Å². The van der Waals surface area contributed by atoms with Crippen LogP contribution in [0.25, 0.3) is 10.2 Å². The van der Waals surface area contributed by atoms with E-state index in [1.807, 2.05) is 17.6 Å². The van der Waals surface area contributed by atoms with Gasteiger partial charge in [0.15, 0.2) is 4.80 Å². The average molecular weight is 385 g/mol. The summed E-state index contributed by atoms with van der Waals surface area (Å²) >= 11 is 7.24. The number of carbonyl (C=O) groups is 1. The van der Waals surface area contributed by atoms with Crippen LogP contribution in [0.5, 0.6) is 0 Å². The summed E-state index contributed by atoms with van der Waals surface area (Å²) in [6, 6.07) is 9.58. The number of halogens is 4. The van der Waals surface area contributed by atoms with Crippen molar-refractivity contribution in [2.24, 2.45) is 4.99 Å². The Balaban J connectivity index is 2.09. The third-order valence-corrected chi connectivity index (χ3v) is 4.87. The third-order valence-electron chi connectivity index (χ3n) is 3.60. The lowest BCUT2D eigenvalue weighted by molar-refractivity contribution is -0.137. The molecule has 0 aliphatic rings. The highest BCUT2D eigenvalue weighted by atomic mass is 35.5. The molecule has 3 nitrogen and oxygen atoms in total. The van der Waals surface area contributed by atoms with Gasteiger partial charge in [0.1, 0.15) is 0 Å². The van der Waals surface area contributed by atoms with Crippen LogP contribution in [0.15, 0.2) is 47.5 Å². The van der Waals surface area contributed by atoms with Gasteiger partial charge >= 0.3 is 6.18 Å². The number of carbonyl (C=O) groups excluding carboxylic acids is 1. The molecule has 0 saturated heterocycles. The molecule has 0 aliphatic carbocycles. The van der Waals surface area contributed by atoms with Crippen molar-refractivity contribution in [1.82, 2.24) is 4.57 Å². The Kier molecular flexibility index (Phi) is 4.71. The van der Waals surface area contributed by atoms with E-state index in [9.17, 15) is 18.0 Å². The summed E-state index contributed by atoms with van der Waals surface area (Å²) in [5.41, 5.74) is -0.111. The molecule has 0 fully saturated rings. The highest BCUT2D eigenvalue weighted by Crippen LogP contribution is 2.29. The molecule has 0 atom stereocenters. The zero-order chi connectivity index (χ0) is 18.2. The molecule has 3 rings (SSSR count). The molecule has 3 aromatic rings. The molecular weight excluding hydrogens is 373 g/mol. The highest BCUT2D eigenvalue weighted by molar-refractivity contribution is 7.16. The van der Waals surface area contributed by atoms with Crippen molar-refractivity contribution < 1.29 is 18.0 Å². The summed E-state index contributed by atoms with van der Waals surface area (Å²) in [6.07, 6.45) is -4.51. The van der Waals surface area contributed by atoms with E-state index in [-0.39, 0.29) is 5.56 Å². The van der Waals surface area contributed by atoms with Gasteiger partial charge in [-0.3, -0.25) is 4.79 Å². The summed E-state index contributed by atoms with van der Waals surface area (Å²) in [7, 11) is 0. The molecule has 0 spiro atoms. The topological polar surface area (TPSA) is 34.4 Å². The molecular formula is C17H12ClF3N2OS. The Labute approximate surface area is 150 Å². The predicted molar refractivity (Wildman–Crippen MR) is 91.8 cm³/mol. The fraction of sp³-hybridized carbons (Fsp3) is 0.176. The summed E-state index contributed by atoms with van der Waals surface area (Å²) < 4.78 is 41.1. The maximum atomic E-state index is 12.8. The molecule has 1 heterocycles. The van der Waals surface area contributed by atoms with Gasteiger partial charge in [0, 0.05) is 17.1 Å². The second kappa shape index (κ2) is 6.65. The van der Waals surface area contributed by atoms with Gasteiger partial charge < -0.3 is 4.57 Å². The van der Waals surface area contributed by atoms with Gasteiger partial charge in [-0.25, -0.2) is 0 Å². The molecule has 0 bridgehead atoms. The van der Waals surface area contributed by atoms with Crippen molar-refractivity contribution in [3.8, 4) is 0 Å². The molecule has 0 saturated carbocycles. The van der Waals surface area contributed by atoms with Crippen LogP contribution in [0.1, 0.15) is 22.8 Å². The molecule has 1 amide bonds. The first kappa shape index (κ1) is 17.7. The van der Waals surface area contributed by atoms with Crippen LogP contribution < -0.4 is 4.80 Å². The van der Waals surface area contributed by atoms with Crippen molar-refractivity contribution >= 4 is 39.1 Å². The minimum atomic E-state index is -4.51. The number of aromatic nitrogens is 1. The fourth-order valence-electron chi connectivity index (χ4n) is 2.42. The van der Waals surface area contributed by atoms with Crippen molar-refractivity contribution in [2.75, 3.05) is 0 Å². The highest BCUT2D eigenvalue weighted by Gasteiger charge is 2.30. The summed E-state index contributed by atoms with van der Waals surface area (Å²) in [6.45, 7) is 2.46. The van der Waals surface area contributed by atoms with E-state index < -0.39 is 17.6 Å². The van der Waals surface area contributed by atoms with Crippen molar-refractivity contribution in [1.29, 1.82) is 0 Å². The zero-order valence-electron chi connectivity index (χ0n) is 13.0. The Hall–Kier alpha value is -2.12. The second-order valence-corrected chi connectivity index (χ2v) is 6.68. The molecule has 0 aliphatic heterocycles. The van der Waals surface area contributed by atoms with Gasteiger partial charge in [-0.05, 0) is 43.3 Å². The predicted octanol–water partition coefficient (Wildman–Crippen LogP) is 5.14. The number of rotatable bonds is 2. The minimum Gasteiger partial charge on any atom is -0.317 e. The summed E-state index contributed by atoms with van der Waals surface area (Å²) in [5.74, 6) is -0.717. The Morgan fingerprint density at radius 3 is 2.68 bits per heavy atom. The number of hydrogen-bond donors (Lipinski definition) is 0. The van der Waals surface area contributed by atoms with E-state index in [0.717, 1.165) is 22.3 Å². The van der Waals surface area contributed by atoms with E-state index in [2.05, 4.69) is 4.99 Å². The first-order chi connectivity index (χ1) is 11.8. The van der Waals surface area contributed by atoms with Crippen LogP contribution in [0.3, 0.4) is 0 Å². The van der Waals surface area contributed by atoms with Gasteiger partial charge in [0.25, 0.3) is 5.91 Å². The normalized spacial score (nSPS) is 12.8. The van der Waals surface area contributed by atoms with E-state index in [1.165, 1.54) is 23.5 Å². The first-order valence-electron chi connectivity index (χ1n) is 7.35. The number of amides is 1.